The second-order valence-corrected chi connectivity index (χ2v) is 7.22. The first-order chi connectivity index (χ1) is 15.0. The quantitative estimate of drug-likeness (QED) is 0.553. The van der Waals surface area contributed by atoms with E-state index in [2.05, 4.69) is 5.32 Å². The van der Waals surface area contributed by atoms with E-state index >= 15 is 0 Å². The number of para-hydroxylation sites is 1. The zero-order valence-electron chi connectivity index (χ0n) is 18.4. The zero-order chi connectivity index (χ0) is 22.4. The van der Waals surface area contributed by atoms with Crippen LogP contribution < -0.4 is 10.1 Å². The lowest BCUT2D eigenvalue weighted by atomic mass is 10.1. The molecule has 0 aliphatic rings. The highest BCUT2D eigenvalue weighted by molar-refractivity contribution is 6.01. The first kappa shape index (κ1) is 22.2. The van der Waals surface area contributed by atoms with Crippen molar-refractivity contribution in [3.8, 4) is 5.75 Å². The van der Waals surface area contributed by atoms with Gasteiger partial charge in [0.15, 0.2) is 0 Å². The second-order valence-electron chi connectivity index (χ2n) is 7.22. The van der Waals surface area contributed by atoms with Crippen molar-refractivity contribution < 1.29 is 19.1 Å². The average molecular weight is 421 g/mol. The van der Waals surface area contributed by atoms with E-state index in [4.69, 9.17) is 9.47 Å². The summed E-state index contributed by atoms with van der Waals surface area (Å²) in [5.41, 5.74) is 4.15. The molecular formula is C25H28N2O4. The topological polar surface area (TPSA) is 69.6 Å². The lowest BCUT2D eigenvalue weighted by Gasteiger charge is -2.12. The highest BCUT2D eigenvalue weighted by atomic mass is 16.5. The molecule has 1 amide bonds. The van der Waals surface area contributed by atoms with Crippen LogP contribution in [-0.4, -0.2) is 30.2 Å². The average Bonchev–Trinajstić information content (AvgIpc) is 3.02. The van der Waals surface area contributed by atoms with Crippen molar-refractivity contribution in [2.45, 2.75) is 33.9 Å². The number of hydrogen-bond acceptors (Lipinski definition) is 4. The van der Waals surface area contributed by atoms with Crippen LogP contribution in [0.4, 0.5) is 0 Å². The highest BCUT2D eigenvalue weighted by Gasteiger charge is 2.27. The maximum atomic E-state index is 13.1. The number of ether oxygens (including phenoxy) is 2. The summed E-state index contributed by atoms with van der Waals surface area (Å²) in [6.45, 7) is 6.48. The van der Waals surface area contributed by atoms with Gasteiger partial charge < -0.3 is 19.4 Å². The molecule has 0 bridgehead atoms. The zero-order valence-corrected chi connectivity index (χ0v) is 18.4. The third-order valence-corrected chi connectivity index (χ3v) is 5.28. The van der Waals surface area contributed by atoms with Crippen LogP contribution in [0, 0.1) is 13.8 Å². The molecular weight excluding hydrogens is 392 g/mol. The van der Waals surface area contributed by atoms with Gasteiger partial charge in [-0.15, -0.1) is 0 Å². The summed E-state index contributed by atoms with van der Waals surface area (Å²) in [7, 11) is 1.60. The number of rotatable bonds is 8. The van der Waals surface area contributed by atoms with Crippen molar-refractivity contribution in [1.29, 1.82) is 0 Å². The minimum atomic E-state index is -0.428. The molecule has 0 unspecified atom stereocenters. The first-order valence-electron chi connectivity index (χ1n) is 10.3. The van der Waals surface area contributed by atoms with E-state index in [1.54, 1.807) is 21.0 Å². The largest absolute Gasteiger partial charge is 0.496 e. The van der Waals surface area contributed by atoms with E-state index in [-0.39, 0.29) is 12.5 Å². The summed E-state index contributed by atoms with van der Waals surface area (Å²) in [6, 6.07) is 17.4. The maximum absolute atomic E-state index is 13.1. The van der Waals surface area contributed by atoms with Crippen LogP contribution in [0.3, 0.4) is 0 Å². The molecule has 0 atom stereocenters. The lowest BCUT2D eigenvalue weighted by molar-refractivity contribution is 0.0513. The lowest BCUT2D eigenvalue weighted by Crippen LogP contribution is -2.24. The van der Waals surface area contributed by atoms with Gasteiger partial charge in [0.05, 0.1) is 19.3 Å². The summed E-state index contributed by atoms with van der Waals surface area (Å²) in [6.07, 6.45) is 0. The van der Waals surface area contributed by atoms with Gasteiger partial charge in [-0.05, 0) is 38.0 Å². The molecule has 0 aliphatic heterocycles. The molecule has 0 spiro atoms. The van der Waals surface area contributed by atoms with Gasteiger partial charge in [-0.1, -0.05) is 48.5 Å². The number of carbonyl (C=O) groups excluding carboxylic acids is 2. The van der Waals surface area contributed by atoms with Crippen molar-refractivity contribution in [1.82, 2.24) is 9.88 Å². The Morgan fingerprint density at radius 1 is 1.00 bits per heavy atom. The molecule has 6 nitrogen and oxygen atoms in total. The molecule has 1 N–H and O–H groups in total. The van der Waals surface area contributed by atoms with Gasteiger partial charge in [0, 0.05) is 24.3 Å². The smallest absolute Gasteiger partial charge is 0.355 e. The fourth-order valence-corrected chi connectivity index (χ4v) is 3.77. The Morgan fingerprint density at radius 2 is 1.68 bits per heavy atom. The van der Waals surface area contributed by atoms with E-state index in [1.165, 1.54) is 0 Å². The van der Waals surface area contributed by atoms with Crippen LogP contribution in [0.2, 0.25) is 0 Å². The molecule has 0 saturated heterocycles. The number of hydrogen-bond donors (Lipinski definition) is 1. The third kappa shape index (κ3) is 4.79. The number of carbonyl (C=O) groups is 2. The highest BCUT2D eigenvalue weighted by Crippen LogP contribution is 2.25. The molecule has 6 heteroatoms. The van der Waals surface area contributed by atoms with Crippen LogP contribution in [0.1, 0.15) is 50.2 Å². The molecule has 2 aromatic carbocycles. The number of esters is 1. The normalized spacial score (nSPS) is 10.6. The molecule has 0 fully saturated rings. The van der Waals surface area contributed by atoms with Gasteiger partial charge in [0.1, 0.15) is 11.4 Å². The summed E-state index contributed by atoms with van der Waals surface area (Å²) in [5, 5.41) is 2.96. The molecule has 0 radical (unpaired) electrons. The Balaban J connectivity index is 1.94. The first-order valence-corrected chi connectivity index (χ1v) is 10.3. The van der Waals surface area contributed by atoms with Crippen LogP contribution in [0.5, 0.6) is 5.75 Å². The van der Waals surface area contributed by atoms with Crippen LogP contribution in [0.15, 0.2) is 54.6 Å². The SMILES string of the molecule is CCOC(=O)c1c(C)c(C(=O)NCc2ccccc2OC)c(C)n1Cc1ccccc1. The Hall–Kier alpha value is -3.54. The van der Waals surface area contributed by atoms with E-state index in [9.17, 15) is 9.59 Å². The number of nitrogens with zero attached hydrogens (tertiary/aromatic N) is 1. The Labute approximate surface area is 182 Å². The van der Waals surface area contributed by atoms with Crippen LogP contribution in [-0.2, 0) is 17.8 Å². The minimum absolute atomic E-state index is 0.238. The summed E-state index contributed by atoms with van der Waals surface area (Å²) in [5.74, 6) is 0.0474. The summed E-state index contributed by atoms with van der Waals surface area (Å²) < 4.78 is 12.5. The second kappa shape index (κ2) is 9.98. The van der Waals surface area contributed by atoms with Gasteiger partial charge in [0.25, 0.3) is 5.91 Å². The predicted octanol–water partition coefficient (Wildman–Crippen LogP) is 4.27. The summed E-state index contributed by atoms with van der Waals surface area (Å²) >= 11 is 0. The van der Waals surface area contributed by atoms with Gasteiger partial charge in [0.2, 0.25) is 0 Å². The molecule has 31 heavy (non-hydrogen) atoms. The maximum Gasteiger partial charge on any atom is 0.355 e. The predicted molar refractivity (Wildman–Crippen MR) is 120 cm³/mol. The monoisotopic (exact) mass is 420 g/mol. The van der Waals surface area contributed by atoms with Gasteiger partial charge >= 0.3 is 5.97 Å². The fourth-order valence-electron chi connectivity index (χ4n) is 3.77. The van der Waals surface area contributed by atoms with Crippen molar-refractivity contribution in [3.63, 3.8) is 0 Å². The van der Waals surface area contributed by atoms with Gasteiger partial charge in [-0.25, -0.2) is 4.79 Å². The Morgan fingerprint density at radius 3 is 2.35 bits per heavy atom. The van der Waals surface area contributed by atoms with E-state index in [0.29, 0.717) is 35.7 Å². The molecule has 1 aromatic heterocycles. The van der Waals surface area contributed by atoms with E-state index in [1.807, 2.05) is 66.1 Å². The Bertz CT molecular complexity index is 1070. The number of benzene rings is 2. The number of nitrogens with one attached hydrogen (secondary N) is 1. The van der Waals surface area contributed by atoms with Crippen LogP contribution in [0.25, 0.3) is 0 Å². The third-order valence-electron chi connectivity index (χ3n) is 5.28. The van der Waals surface area contributed by atoms with E-state index < -0.39 is 5.97 Å². The summed E-state index contributed by atoms with van der Waals surface area (Å²) in [4.78, 5) is 25.9. The van der Waals surface area contributed by atoms with Crippen molar-refractivity contribution in [3.05, 3.63) is 88.2 Å². The van der Waals surface area contributed by atoms with Crippen molar-refractivity contribution in [2.24, 2.45) is 0 Å². The van der Waals surface area contributed by atoms with E-state index in [0.717, 1.165) is 16.8 Å². The fraction of sp³-hybridized carbons (Fsp3) is 0.280. The van der Waals surface area contributed by atoms with Crippen molar-refractivity contribution in [2.75, 3.05) is 13.7 Å². The molecule has 0 saturated carbocycles. The van der Waals surface area contributed by atoms with Crippen LogP contribution >= 0.6 is 0 Å². The molecule has 1 heterocycles. The van der Waals surface area contributed by atoms with Gasteiger partial charge in [-0.3, -0.25) is 4.79 Å². The number of amides is 1. The molecule has 162 valence electrons. The molecule has 3 rings (SSSR count). The minimum Gasteiger partial charge on any atom is -0.496 e. The number of methoxy groups -OCH3 is 1. The van der Waals surface area contributed by atoms with Gasteiger partial charge in [-0.2, -0.15) is 0 Å². The van der Waals surface area contributed by atoms with Crippen molar-refractivity contribution >= 4 is 11.9 Å². The Kier molecular flexibility index (Phi) is 7.13. The molecule has 0 aliphatic carbocycles. The number of aromatic nitrogens is 1. The molecule has 3 aromatic rings. The standard InChI is InChI=1S/C25H28N2O4/c1-5-31-25(29)23-17(2)22(18(3)27(23)16-19-11-7-6-8-12-19)24(28)26-15-20-13-9-10-14-21(20)30-4/h6-14H,5,15-16H2,1-4H3,(H,26,28).